The van der Waals surface area contributed by atoms with Crippen molar-refractivity contribution in [1.29, 1.82) is 0 Å². The van der Waals surface area contributed by atoms with Crippen molar-refractivity contribution in [3.8, 4) is 0 Å². The maximum atomic E-state index is 11.9. The van der Waals surface area contributed by atoms with Crippen molar-refractivity contribution in [1.82, 2.24) is 15.6 Å². The molecule has 5 nitrogen and oxygen atoms in total. The summed E-state index contributed by atoms with van der Waals surface area (Å²) in [7, 11) is 1.86. The first-order valence-electron chi connectivity index (χ1n) is 7.45. The topological polar surface area (TPSA) is 57.3 Å². The Morgan fingerprint density at radius 3 is 2.55 bits per heavy atom. The van der Waals surface area contributed by atoms with E-state index in [1.807, 2.05) is 19.2 Å². The number of nitrogens with zero attached hydrogens (tertiary/aromatic N) is 2. The van der Waals surface area contributed by atoms with Gasteiger partial charge in [0.25, 0.3) is 5.91 Å². The molecule has 0 atom stereocenters. The van der Waals surface area contributed by atoms with Crippen LogP contribution in [0, 0.1) is 0 Å². The van der Waals surface area contributed by atoms with Crippen LogP contribution in [0.1, 0.15) is 36.0 Å². The highest BCUT2D eigenvalue weighted by molar-refractivity contribution is 5.94. The lowest BCUT2D eigenvalue weighted by molar-refractivity contribution is 0.0954. The van der Waals surface area contributed by atoms with Crippen LogP contribution in [0.2, 0.25) is 0 Å². The van der Waals surface area contributed by atoms with Gasteiger partial charge in [0.15, 0.2) is 0 Å². The van der Waals surface area contributed by atoms with Gasteiger partial charge in [0.1, 0.15) is 5.82 Å². The van der Waals surface area contributed by atoms with Gasteiger partial charge in [0.2, 0.25) is 0 Å². The second-order valence-electron chi connectivity index (χ2n) is 5.17. The molecule has 0 unspecified atom stereocenters. The van der Waals surface area contributed by atoms with Gasteiger partial charge in [-0.25, -0.2) is 4.98 Å². The predicted octanol–water partition coefficient (Wildman–Crippen LogP) is 1.41. The number of hydrogen-bond donors (Lipinski definition) is 2. The fourth-order valence-electron chi connectivity index (χ4n) is 2.41. The quantitative estimate of drug-likeness (QED) is 0.798. The van der Waals surface area contributed by atoms with Gasteiger partial charge >= 0.3 is 0 Å². The highest BCUT2D eigenvalue weighted by Gasteiger charge is 2.12. The van der Waals surface area contributed by atoms with E-state index in [9.17, 15) is 4.79 Å². The van der Waals surface area contributed by atoms with Crippen LogP contribution in [0.15, 0.2) is 18.3 Å². The van der Waals surface area contributed by atoms with Crippen LogP contribution in [0.25, 0.3) is 0 Å². The van der Waals surface area contributed by atoms with Crippen LogP contribution in [-0.2, 0) is 0 Å². The van der Waals surface area contributed by atoms with Gasteiger partial charge in [0, 0.05) is 32.4 Å². The molecular formula is C15H24N4O. The van der Waals surface area contributed by atoms with E-state index in [1.54, 1.807) is 6.20 Å². The minimum Gasteiger partial charge on any atom is -0.357 e. The summed E-state index contributed by atoms with van der Waals surface area (Å²) in [5.74, 6) is 0.925. The van der Waals surface area contributed by atoms with E-state index in [-0.39, 0.29) is 5.91 Å². The molecule has 1 amide bonds. The summed E-state index contributed by atoms with van der Waals surface area (Å²) in [4.78, 5) is 18.6. The van der Waals surface area contributed by atoms with E-state index in [0.717, 1.165) is 25.5 Å². The van der Waals surface area contributed by atoms with Crippen LogP contribution in [0.3, 0.4) is 0 Å². The molecule has 0 radical (unpaired) electrons. The third-order valence-electron chi connectivity index (χ3n) is 3.60. The second-order valence-corrected chi connectivity index (χ2v) is 5.17. The molecule has 110 valence electrons. The molecule has 2 N–H and O–H groups in total. The Hall–Kier alpha value is -1.62. The summed E-state index contributed by atoms with van der Waals surface area (Å²) in [6, 6.07) is 3.82. The highest BCUT2D eigenvalue weighted by atomic mass is 16.1. The Morgan fingerprint density at radius 1 is 1.20 bits per heavy atom. The molecule has 2 rings (SSSR count). The number of nitrogens with one attached hydrogen (secondary N) is 2. The summed E-state index contributed by atoms with van der Waals surface area (Å²) >= 11 is 0. The number of pyridine rings is 1. The van der Waals surface area contributed by atoms with Crippen molar-refractivity contribution in [2.75, 3.05) is 38.1 Å². The van der Waals surface area contributed by atoms with E-state index in [1.165, 1.54) is 25.7 Å². The van der Waals surface area contributed by atoms with Crippen molar-refractivity contribution in [2.24, 2.45) is 0 Å². The van der Waals surface area contributed by atoms with Gasteiger partial charge in [-0.2, -0.15) is 0 Å². The summed E-state index contributed by atoms with van der Waals surface area (Å²) in [6.45, 7) is 3.54. The molecule has 0 spiro atoms. The van der Waals surface area contributed by atoms with E-state index < -0.39 is 0 Å². The first-order chi connectivity index (χ1) is 9.81. The minimum absolute atomic E-state index is 0.0600. The third kappa shape index (κ3) is 4.20. The molecule has 1 saturated heterocycles. The van der Waals surface area contributed by atoms with E-state index in [0.29, 0.717) is 12.1 Å². The zero-order chi connectivity index (χ0) is 14.2. The Labute approximate surface area is 120 Å². The molecular weight excluding hydrogens is 252 g/mol. The molecule has 1 aromatic rings. The molecule has 0 aliphatic carbocycles. The fraction of sp³-hybridized carbons (Fsp3) is 0.600. The largest absolute Gasteiger partial charge is 0.357 e. The van der Waals surface area contributed by atoms with Crippen LogP contribution in [0.4, 0.5) is 5.82 Å². The standard InChI is InChI=1S/C15H24N4O/c1-16-8-9-17-15(20)13-6-7-14(18-12-13)19-10-4-2-3-5-11-19/h6-7,12,16H,2-5,8-11H2,1H3,(H,17,20). The average Bonchev–Trinajstić information content (AvgIpc) is 2.77. The Morgan fingerprint density at radius 2 is 1.95 bits per heavy atom. The molecule has 0 bridgehead atoms. The predicted molar refractivity (Wildman–Crippen MR) is 81.2 cm³/mol. The van der Waals surface area contributed by atoms with Gasteiger partial charge in [0.05, 0.1) is 5.56 Å². The average molecular weight is 276 g/mol. The number of hydrogen-bond acceptors (Lipinski definition) is 4. The van der Waals surface area contributed by atoms with Gasteiger partial charge in [-0.15, -0.1) is 0 Å². The Bertz CT molecular complexity index is 410. The zero-order valence-electron chi connectivity index (χ0n) is 12.2. The lowest BCUT2D eigenvalue weighted by atomic mass is 10.2. The molecule has 1 aliphatic heterocycles. The van der Waals surface area contributed by atoms with Crippen LogP contribution in [0.5, 0.6) is 0 Å². The number of aromatic nitrogens is 1. The summed E-state index contributed by atoms with van der Waals surface area (Å²) < 4.78 is 0. The molecule has 0 saturated carbocycles. The normalized spacial score (nSPS) is 15.8. The smallest absolute Gasteiger partial charge is 0.252 e. The van der Waals surface area contributed by atoms with Crippen molar-refractivity contribution in [3.05, 3.63) is 23.9 Å². The monoisotopic (exact) mass is 276 g/mol. The highest BCUT2D eigenvalue weighted by Crippen LogP contribution is 2.17. The first kappa shape index (κ1) is 14.8. The van der Waals surface area contributed by atoms with Crippen LogP contribution < -0.4 is 15.5 Å². The summed E-state index contributed by atoms with van der Waals surface area (Å²) in [5, 5.41) is 5.85. The number of anilines is 1. The number of likely N-dealkylation sites (N-methyl/N-ethyl adjacent to an activating group) is 1. The Kier molecular flexibility index (Phi) is 5.80. The lowest BCUT2D eigenvalue weighted by Gasteiger charge is -2.21. The van der Waals surface area contributed by atoms with Gasteiger partial charge < -0.3 is 15.5 Å². The summed E-state index contributed by atoms with van der Waals surface area (Å²) in [6.07, 6.45) is 6.75. The molecule has 2 heterocycles. The zero-order valence-corrected chi connectivity index (χ0v) is 12.2. The number of carbonyl (C=O) groups is 1. The second kappa shape index (κ2) is 7.85. The molecule has 1 aliphatic rings. The van der Waals surface area contributed by atoms with Crippen molar-refractivity contribution in [3.63, 3.8) is 0 Å². The summed E-state index contributed by atoms with van der Waals surface area (Å²) in [5.41, 5.74) is 0.625. The van der Waals surface area contributed by atoms with Crippen LogP contribution in [-0.4, -0.2) is 44.1 Å². The first-order valence-corrected chi connectivity index (χ1v) is 7.45. The van der Waals surface area contributed by atoms with Gasteiger partial charge in [-0.05, 0) is 32.0 Å². The van der Waals surface area contributed by atoms with E-state index in [4.69, 9.17) is 0 Å². The van der Waals surface area contributed by atoms with Gasteiger partial charge in [-0.3, -0.25) is 4.79 Å². The van der Waals surface area contributed by atoms with E-state index >= 15 is 0 Å². The maximum absolute atomic E-state index is 11.9. The Balaban J connectivity index is 1.93. The molecule has 5 heteroatoms. The molecule has 20 heavy (non-hydrogen) atoms. The lowest BCUT2D eigenvalue weighted by Crippen LogP contribution is -2.30. The number of amides is 1. The number of rotatable bonds is 5. The fourth-order valence-corrected chi connectivity index (χ4v) is 2.41. The molecule has 1 aromatic heterocycles. The van der Waals surface area contributed by atoms with Crippen molar-refractivity contribution >= 4 is 11.7 Å². The molecule has 0 aromatic carbocycles. The van der Waals surface area contributed by atoms with Gasteiger partial charge in [-0.1, -0.05) is 12.8 Å². The maximum Gasteiger partial charge on any atom is 0.252 e. The van der Waals surface area contributed by atoms with Crippen LogP contribution >= 0.6 is 0 Å². The minimum atomic E-state index is -0.0600. The number of carbonyl (C=O) groups excluding carboxylic acids is 1. The van der Waals surface area contributed by atoms with E-state index in [2.05, 4.69) is 20.5 Å². The third-order valence-corrected chi connectivity index (χ3v) is 3.60. The van der Waals surface area contributed by atoms with Crippen molar-refractivity contribution in [2.45, 2.75) is 25.7 Å². The van der Waals surface area contributed by atoms with Crippen molar-refractivity contribution < 1.29 is 4.79 Å². The molecule has 1 fully saturated rings. The SMILES string of the molecule is CNCCNC(=O)c1ccc(N2CCCCCC2)nc1.